The van der Waals surface area contributed by atoms with E-state index in [2.05, 4.69) is 9.97 Å². The van der Waals surface area contributed by atoms with Gasteiger partial charge in [0.2, 0.25) is 5.56 Å². The van der Waals surface area contributed by atoms with E-state index in [0.717, 1.165) is 6.07 Å². The van der Waals surface area contributed by atoms with Crippen LogP contribution < -0.4 is 5.56 Å². The Hall–Kier alpha value is -2.17. The number of H-pyrrole nitrogens is 1. The van der Waals surface area contributed by atoms with Crippen LogP contribution in [0.1, 0.15) is 10.4 Å². The average molecular weight is 190 g/mol. The molecular weight excluding hydrogens is 184 g/mol. The number of pyridine rings is 2. The van der Waals surface area contributed by atoms with Gasteiger partial charge in [0.1, 0.15) is 0 Å². The van der Waals surface area contributed by atoms with Gasteiger partial charge < -0.3 is 10.1 Å². The van der Waals surface area contributed by atoms with Gasteiger partial charge in [0.15, 0.2) is 0 Å². The van der Waals surface area contributed by atoms with E-state index >= 15 is 0 Å². The molecule has 14 heavy (non-hydrogen) atoms. The summed E-state index contributed by atoms with van der Waals surface area (Å²) in [5, 5.41) is 9.31. The SMILES string of the molecule is O=C(O)c1cc(=O)[nH]c2cnccc12. The minimum atomic E-state index is -1.12. The second-order valence-corrected chi connectivity index (χ2v) is 2.77. The molecule has 2 rings (SSSR count). The van der Waals surface area contributed by atoms with Crippen LogP contribution in [0.25, 0.3) is 10.9 Å². The molecule has 2 aromatic rings. The van der Waals surface area contributed by atoms with Gasteiger partial charge in [-0.15, -0.1) is 0 Å². The molecule has 5 heteroatoms. The van der Waals surface area contributed by atoms with Gasteiger partial charge in [-0.05, 0) is 6.07 Å². The van der Waals surface area contributed by atoms with Crippen LogP contribution in [0.2, 0.25) is 0 Å². The monoisotopic (exact) mass is 190 g/mol. The van der Waals surface area contributed by atoms with E-state index in [1.165, 1.54) is 12.4 Å². The number of nitrogens with zero attached hydrogens (tertiary/aromatic N) is 1. The first-order valence-corrected chi connectivity index (χ1v) is 3.89. The molecule has 0 fully saturated rings. The number of aromatic amines is 1. The number of fused-ring (bicyclic) bond motifs is 1. The maximum atomic E-state index is 11.1. The molecule has 0 atom stereocenters. The minimum absolute atomic E-state index is 0.00819. The van der Waals surface area contributed by atoms with Crippen molar-refractivity contribution in [3.63, 3.8) is 0 Å². The van der Waals surface area contributed by atoms with Crippen molar-refractivity contribution in [3.8, 4) is 0 Å². The first kappa shape index (κ1) is 8.43. The highest BCUT2D eigenvalue weighted by Crippen LogP contribution is 2.12. The second kappa shape index (κ2) is 2.95. The lowest BCUT2D eigenvalue weighted by atomic mass is 10.1. The number of rotatable bonds is 1. The molecule has 0 bridgehead atoms. The summed E-state index contributed by atoms with van der Waals surface area (Å²) < 4.78 is 0. The van der Waals surface area contributed by atoms with Crippen molar-refractivity contribution >= 4 is 16.9 Å². The van der Waals surface area contributed by atoms with Crippen LogP contribution >= 0.6 is 0 Å². The Morgan fingerprint density at radius 2 is 2.29 bits per heavy atom. The zero-order valence-electron chi connectivity index (χ0n) is 7.02. The zero-order chi connectivity index (χ0) is 10.1. The van der Waals surface area contributed by atoms with Crippen LogP contribution in [0.3, 0.4) is 0 Å². The van der Waals surface area contributed by atoms with E-state index < -0.39 is 11.5 Å². The summed E-state index contributed by atoms with van der Waals surface area (Å²) in [4.78, 5) is 28.2. The number of carboxylic acids is 1. The fraction of sp³-hybridized carbons (Fsp3) is 0. The number of hydrogen-bond acceptors (Lipinski definition) is 3. The molecule has 0 unspecified atom stereocenters. The summed E-state index contributed by atoms with van der Waals surface area (Å²) in [5.74, 6) is -1.12. The Kier molecular flexibility index (Phi) is 1.78. The number of carbonyl (C=O) groups is 1. The average Bonchev–Trinajstić information content (AvgIpc) is 2.16. The van der Waals surface area contributed by atoms with Gasteiger partial charge in [0.25, 0.3) is 0 Å². The number of carboxylic acid groups (broad SMARTS) is 1. The Labute approximate surface area is 78.0 Å². The molecule has 0 radical (unpaired) electrons. The number of aromatic carboxylic acids is 1. The third-order valence-electron chi connectivity index (χ3n) is 1.87. The first-order valence-electron chi connectivity index (χ1n) is 3.89. The van der Waals surface area contributed by atoms with Gasteiger partial charge in [-0.3, -0.25) is 9.78 Å². The molecule has 5 nitrogen and oxygen atoms in total. The third-order valence-corrected chi connectivity index (χ3v) is 1.87. The molecule has 0 aliphatic heterocycles. The van der Waals surface area contributed by atoms with Crippen molar-refractivity contribution in [2.45, 2.75) is 0 Å². The first-order chi connectivity index (χ1) is 6.68. The van der Waals surface area contributed by atoms with Crippen molar-refractivity contribution < 1.29 is 9.90 Å². The van der Waals surface area contributed by atoms with Crippen LogP contribution in [0.4, 0.5) is 0 Å². The van der Waals surface area contributed by atoms with Crippen molar-refractivity contribution in [2.75, 3.05) is 0 Å². The maximum absolute atomic E-state index is 11.1. The fourth-order valence-corrected chi connectivity index (χ4v) is 1.28. The van der Waals surface area contributed by atoms with E-state index in [4.69, 9.17) is 5.11 Å². The third kappa shape index (κ3) is 1.24. The number of aromatic nitrogens is 2. The Morgan fingerprint density at radius 1 is 1.50 bits per heavy atom. The van der Waals surface area contributed by atoms with Gasteiger partial charge in [-0.25, -0.2) is 4.79 Å². The topological polar surface area (TPSA) is 83.0 Å². The molecule has 0 amide bonds. The molecule has 2 N–H and O–H groups in total. The van der Waals surface area contributed by atoms with Gasteiger partial charge in [-0.2, -0.15) is 0 Å². The van der Waals surface area contributed by atoms with Crippen LogP contribution in [0.5, 0.6) is 0 Å². The minimum Gasteiger partial charge on any atom is -0.478 e. The molecule has 0 saturated carbocycles. The van der Waals surface area contributed by atoms with Crippen LogP contribution in [0.15, 0.2) is 29.3 Å². The van der Waals surface area contributed by atoms with E-state index in [0.29, 0.717) is 10.9 Å². The lowest BCUT2D eigenvalue weighted by Crippen LogP contribution is -2.10. The lowest BCUT2D eigenvalue weighted by Gasteiger charge is -1.99. The van der Waals surface area contributed by atoms with E-state index in [9.17, 15) is 9.59 Å². The van der Waals surface area contributed by atoms with Gasteiger partial charge in [0.05, 0.1) is 17.3 Å². The van der Waals surface area contributed by atoms with Crippen LogP contribution in [-0.2, 0) is 0 Å². The predicted molar refractivity (Wildman–Crippen MR) is 49.3 cm³/mol. The second-order valence-electron chi connectivity index (χ2n) is 2.77. The fourth-order valence-electron chi connectivity index (χ4n) is 1.28. The summed E-state index contributed by atoms with van der Waals surface area (Å²) in [6, 6.07) is 2.61. The molecule has 2 heterocycles. The van der Waals surface area contributed by atoms with Crippen LogP contribution in [-0.4, -0.2) is 21.0 Å². The van der Waals surface area contributed by atoms with E-state index in [1.807, 2.05) is 0 Å². The molecule has 0 spiro atoms. The molecule has 0 aliphatic rings. The summed E-state index contributed by atoms with van der Waals surface area (Å²) in [5.41, 5.74) is -0.0218. The van der Waals surface area contributed by atoms with Crippen molar-refractivity contribution in [2.24, 2.45) is 0 Å². The Balaban J connectivity index is 2.94. The van der Waals surface area contributed by atoms with E-state index in [1.54, 1.807) is 6.07 Å². The molecular formula is C9H6N2O3. The largest absolute Gasteiger partial charge is 0.478 e. The summed E-state index contributed by atoms with van der Waals surface area (Å²) in [6.07, 6.45) is 2.90. The summed E-state index contributed by atoms with van der Waals surface area (Å²) in [7, 11) is 0. The Morgan fingerprint density at radius 3 is 3.00 bits per heavy atom. The van der Waals surface area contributed by atoms with Crippen LogP contribution in [0, 0.1) is 0 Å². The van der Waals surface area contributed by atoms with E-state index in [-0.39, 0.29) is 5.56 Å². The van der Waals surface area contributed by atoms with Gasteiger partial charge in [-0.1, -0.05) is 0 Å². The van der Waals surface area contributed by atoms with Gasteiger partial charge >= 0.3 is 5.97 Å². The highest BCUT2D eigenvalue weighted by Gasteiger charge is 2.09. The quantitative estimate of drug-likeness (QED) is 0.690. The molecule has 0 aliphatic carbocycles. The molecule has 0 saturated heterocycles. The highest BCUT2D eigenvalue weighted by atomic mass is 16.4. The summed E-state index contributed by atoms with van der Waals surface area (Å²) in [6.45, 7) is 0. The molecule has 70 valence electrons. The predicted octanol–water partition coefficient (Wildman–Crippen LogP) is 0.621. The zero-order valence-corrected chi connectivity index (χ0v) is 7.02. The smallest absolute Gasteiger partial charge is 0.336 e. The summed E-state index contributed by atoms with van der Waals surface area (Å²) >= 11 is 0. The number of nitrogens with one attached hydrogen (secondary N) is 1. The van der Waals surface area contributed by atoms with Gasteiger partial charge in [0, 0.05) is 17.6 Å². The highest BCUT2D eigenvalue weighted by molar-refractivity contribution is 6.01. The molecule has 0 aromatic carbocycles. The lowest BCUT2D eigenvalue weighted by molar-refractivity contribution is 0.0699. The Bertz CT molecular complexity index is 559. The maximum Gasteiger partial charge on any atom is 0.336 e. The standard InChI is InChI=1S/C9H6N2O3/c12-8-3-6(9(13)14)5-1-2-10-4-7(5)11-8/h1-4H,(H,11,12)(H,13,14). The van der Waals surface area contributed by atoms with Crippen molar-refractivity contribution in [1.29, 1.82) is 0 Å². The normalized spacial score (nSPS) is 10.3. The van der Waals surface area contributed by atoms with Crippen molar-refractivity contribution in [1.82, 2.24) is 9.97 Å². The van der Waals surface area contributed by atoms with Crippen molar-refractivity contribution in [3.05, 3.63) is 40.4 Å². The number of hydrogen-bond donors (Lipinski definition) is 2. The molecule has 2 aromatic heterocycles.